The number of hydrogen-bond donors (Lipinski definition) is 0. The van der Waals surface area contributed by atoms with Gasteiger partial charge in [0.15, 0.2) is 7.14 Å². The van der Waals surface area contributed by atoms with Crippen LogP contribution in [0.15, 0.2) is 121 Å². The summed E-state index contributed by atoms with van der Waals surface area (Å²) in [5.74, 6) is 1.42. The minimum atomic E-state index is -3.16. The van der Waals surface area contributed by atoms with Crippen molar-refractivity contribution in [3.05, 3.63) is 138 Å². The molecule has 0 atom stereocenters. The van der Waals surface area contributed by atoms with Crippen LogP contribution in [-0.4, -0.2) is 0 Å². The smallest absolute Gasteiger partial charge is 0.164 e. The summed E-state index contributed by atoms with van der Waals surface area (Å²) in [6.45, 7) is 0. The maximum Gasteiger partial charge on any atom is 0.164 e. The Morgan fingerprint density at radius 1 is 0.621 bits per heavy atom. The van der Waals surface area contributed by atoms with E-state index in [4.69, 9.17) is 0 Å². The topological polar surface area (TPSA) is 17.1 Å². The van der Waals surface area contributed by atoms with Crippen LogP contribution >= 0.6 is 7.14 Å². The molecule has 4 rings (SSSR count). The Kier molecular flexibility index (Phi) is 5.55. The predicted octanol–water partition coefficient (Wildman–Crippen LogP) is 6.23. The van der Waals surface area contributed by atoms with E-state index in [2.05, 4.69) is 0 Å². The second kappa shape index (κ2) is 8.43. The summed E-state index contributed by atoms with van der Waals surface area (Å²) in [5.41, 5.74) is 1.88. The third-order valence-corrected chi connectivity index (χ3v) is 7.59. The highest BCUT2D eigenvalue weighted by molar-refractivity contribution is 7.81. The summed E-state index contributed by atoms with van der Waals surface area (Å²) < 4.78 is 29.3. The van der Waals surface area contributed by atoms with E-state index >= 15 is 0 Å². The van der Waals surface area contributed by atoms with Crippen LogP contribution in [0.3, 0.4) is 0 Å². The molecule has 0 saturated carbocycles. The average molecular weight is 398 g/mol. The molecule has 0 fully saturated rings. The monoisotopic (exact) mass is 398 g/mol. The van der Waals surface area contributed by atoms with Crippen LogP contribution in [0.25, 0.3) is 5.57 Å². The van der Waals surface area contributed by atoms with E-state index < -0.39 is 7.14 Å². The molecule has 0 unspecified atom stereocenters. The highest BCUT2D eigenvalue weighted by atomic mass is 31.2. The first kappa shape index (κ1) is 19.1. The van der Waals surface area contributed by atoms with Gasteiger partial charge in [0.1, 0.15) is 5.82 Å². The molecule has 0 bridgehead atoms. The van der Waals surface area contributed by atoms with Gasteiger partial charge >= 0.3 is 0 Å². The Balaban J connectivity index is 2.02. The lowest BCUT2D eigenvalue weighted by Crippen LogP contribution is -2.14. The summed E-state index contributed by atoms with van der Waals surface area (Å²) in [7, 11) is -3.16. The fourth-order valence-electron chi connectivity index (χ4n) is 3.38. The van der Waals surface area contributed by atoms with Gasteiger partial charge in [0.05, 0.1) is 0 Å². The Morgan fingerprint density at radius 2 is 1.07 bits per heavy atom. The maximum absolute atomic E-state index is 14.8. The molecule has 4 aromatic rings. The molecule has 0 aliphatic heterocycles. The Morgan fingerprint density at radius 3 is 1.59 bits per heavy atom. The van der Waals surface area contributed by atoms with Crippen molar-refractivity contribution in [2.45, 2.75) is 0 Å². The Labute approximate surface area is 170 Å². The van der Waals surface area contributed by atoms with Crippen LogP contribution in [0.5, 0.6) is 0 Å². The van der Waals surface area contributed by atoms with Gasteiger partial charge in [-0.25, -0.2) is 4.39 Å². The van der Waals surface area contributed by atoms with Gasteiger partial charge in [0, 0.05) is 16.2 Å². The summed E-state index contributed by atoms with van der Waals surface area (Å²) in [4.78, 5) is 0. The highest BCUT2D eigenvalue weighted by Crippen LogP contribution is 2.48. The first-order valence-electron chi connectivity index (χ1n) is 9.43. The quantitative estimate of drug-likeness (QED) is 0.364. The molecule has 0 N–H and O–H groups in total. The van der Waals surface area contributed by atoms with Crippen molar-refractivity contribution in [2.75, 3.05) is 0 Å². The van der Waals surface area contributed by atoms with Crippen molar-refractivity contribution in [1.82, 2.24) is 0 Å². The van der Waals surface area contributed by atoms with E-state index in [0.717, 1.165) is 16.2 Å². The Hall–Kier alpha value is -3.22. The Bertz CT molecular complexity index is 1130. The van der Waals surface area contributed by atoms with E-state index in [1.807, 2.05) is 91.0 Å². The molecule has 0 aliphatic carbocycles. The molecule has 0 radical (unpaired) electrons. The van der Waals surface area contributed by atoms with Gasteiger partial charge in [-0.3, -0.25) is 0 Å². The van der Waals surface area contributed by atoms with Gasteiger partial charge in [-0.1, -0.05) is 109 Å². The molecular weight excluding hydrogens is 378 g/mol. The van der Waals surface area contributed by atoms with Crippen LogP contribution in [-0.2, 0) is 4.57 Å². The zero-order valence-corrected chi connectivity index (χ0v) is 16.7. The molecule has 142 valence electrons. The summed E-state index contributed by atoms with van der Waals surface area (Å²) in [5, 5.41) is 1.44. The molecule has 0 aliphatic rings. The first-order chi connectivity index (χ1) is 14.2. The van der Waals surface area contributed by atoms with Gasteiger partial charge in [-0.2, -0.15) is 0 Å². The lowest BCUT2D eigenvalue weighted by molar-refractivity contribution is 0.592. The van der Waals surface area contributed by atoms with Gasteiger partial charge < -0.3 is 4.57 Å². The number of benzene rings is 4. The second-order valence-corrected chi connectivity index (χ2v) is 9.32. The summed E-state index contributed by atoms with van der Waals surface area (Å²) in [6.07, 6.45) is 0. The molecule has 0 heterocycles. The predicted molar refractivity (Wildman–Crippen MR) is 120 cm³/mol. The minimum Gasteiger partial charge on any atom is -0.309 e. The van der Waals surface area contributed by atoms with Gasteiger partial charge in [-0.15, -0.1) is 0 Å². The summed E-state index contributed by atoms with van der Waals surface area (Å²) >= 11 is 0. The van der Waals surface area contributed by atoms with E-state index in [1.165, 1.54) is 6.07 Å². The SMILES string of the molecule is O=P(/C=C(\c1ccccc1)c1ccccc1F)(c1ccccc1)c1ccccc1. The highest BCUT2D eigenvalue weighted by Gasteiger charge is 2.26. The van der Waals surface area contributed by atoms with Crippen molar-refractivity contribution in [3.63, 3.8) is 0 Å². The third-order valence-electron chi connectivity index (χ3n) is 4.84. The molecule has 1 nitrogen and oxygen atoms in total. The van der Waals surface area contributed by atoms with E-state index in [9.17, 15) is 8.96 Å². The molecule has 0 amide bonds. The van der Waals surface area contributed by atoms with Crippen molar-refractivity contribution in [3.8, 4) is 0 Å². The lowest BCUT2D eigenvalue weighted by atomic mass is 9.99. The fourth-order valence-corrected chi connectivity index (χ4v) is 5.85. The molecule has 29 heavy (non-hydrogen) atoms. The molecule has 3 heteroatoms. The van der Waals surface area contributed by atoms with Crippen molar-refractivity contribution in [2.24, 2.45) is 0 Å². The maximum atomic E-state index is 14.8. The lowest BCUT2D eigenvalue weighted by Gasteiger charge is -2.19. The summed E-state index contributed by atoms with van der Waals surface area (Å²) in [6, 6.07) is 35.0. The fraction of sp³-hybridized carbons (Fsp3) is 0. The third kappa shape index (κ3) is 3.99. The normalized spacial score (nSPS) is 12.0. The number of rotatable bonds is 5. The molecular formula is C26H20FOP. The average Bonchev–Trinajstić information content (AvgIpc) is 2.80. The van der Waals surface area contributed by atoms with E-state index in [1.54, 1.807) is 24.0 Å². The van der Waals surface area contributed by atoms with Crippen LogP contribution in [0.2, 0.25) is 0 Å². The van der Waals surface area contributed by atoms with E-state index in [-0.39, 0.29) is 5.82 Å². The zero-order chi connectivity index (χ0) is 20.1. The minimum absolute atomic E-state index is 0.338. The molecule has 0 aromatic heterocycles. The second-order valence-electron chi connectivity index (χ2n) is 6.72. The number of halogens is 1. The van der Waals surface area contributed by atoms with Crippen LogP contribution in [0.4, 0.5) is 4.39 Å². The first-order valence-corrected chi connectivity index (χ1v) is 11.2. The zero-order valence-electron chi connectivity index (χ0n) is 15.8. The van der Waals surface area contributed by atoms with Crippen LogP contribution in [0.1, 0.15) is 11.1 Å². The van der Waals surface area contributed by atoms with E-state index in [0.29, 0.717) is 11.1 Å². The van der Waals surface area contributed by atoms with Gasteiger partial charge in [-0.05, 0) is 23.0 Å². The molecule has 4 aromatic carbocycles. The van der Waals surface area contributed by atoms with Crippen molar-refractivity contribution in [1.29, 1.82) is 0 Å². The molecule has 0 saturated heterocycles. The van der Waals surface area contributed by atoms with Crippen LogP contribution in [0, 0.1) is 5.82 Å². The van der Waals surface area contributed by atoms with Crippen molar-refractivity contribution < 1.29 is 8.96 Å². The van der Waals surface area contributed by atoms with Crippen LogP contribution < -0.4 is 10.6 Å². The van der Waals surface area contributed by atoms with Gasteiger partial charge in [0.25, 0.3) is 0 Å². The van der Waals surface area contributed by atoms with Gasteiger partial charge in [0.2, 0.25) is 0 Å². The largest absolute Gasteiger partial charge is 0.309 e. The van der Waals surface area contributed by atoms with Crippen molar-refractivity contribution >= 4 is 23.3 Å². The number of hydrogen-bond acceptors (Lipinski definition) is 1. The standard InChI is InChI=1S/C26H20FOP/c27-26-19-11-10-18-24(26)25(21-12-4-1-5-13-21)20-29(28,22-14-6-2-7-15-22)23-16-8-3-9-17-23/h1-20H/b25-20+. The molecule has 0 spiro atoms.